The smallest absolute Gasteiger partial charge is 0.255 e. The first-order chi connectivity index (χ1) is 12.1. The van der Waals surface area contributed by atoms with E-state index in [-0.39, 0.29) is 18.3 Å². The number of ether oxygens (including phenoxy) is 3. The largest absolute Gasteiger partial charge is 0.496 e. The summed E-state index contributed by atoms with van der Waals surface area (Å²) in [5.74, 6) is 1.86. The molecular formula is C19H23ClN2O4. The Morgan fingerprint density at radius 2 is 1.85 bits per heavy atom. The predicted octanol–water partition coefficient (Wildman–Crippen LogP) is 3.17. The fourth-order valence-corrected chi connectivity index (χ4v) is 2.81. The highest BCUT2D eigenvalue weighted by Gasteiger charge is 2.15. The number of benzene rings is 2. The quantitative estimate of drug-likeness (QED) is 0.855. The molecular weight excluding hydrogens is 356 g/mol. The maximum atomic E-state index is 12.6. The van der Waals surface area contributed by atoms with Gasteiger partial charge in [-0.2, -0.15) is 0 Å². The number of anilines is 1. The minimum atomic E-state index is -0.223. The van der Waals surface area contributed by atoms with Crippen LogP contribution in [0, 0.1) is 6.92 Å². The van der Waals surface area contributed by atoms with Crippen LogP contribution >= 0.6 is 12.4 Å². The standard InChI is InChI=1S/C19H22N2O4.ClH/c1-12-17(23-2)9-13(10-18(12)24-3)19(22)21-15-4-5-16-14(8-15)11-20-6-7-25-16;/h4-5,8-10,20H,6-7,11H2,1-3H3,(H,21,22);1H. The number of hydrogen-bond donors (Lipinski definition) is 2. The average molecular weight is 379 g/mol. The van der Waals surface area contributed by atoms with Gasteiger partial charge in [0.05, 0.1) is 14.2 Å². The molecule has 0 radical (unpaired) electrons. The molecule has 0 saturated heterocycles. The van der Waals surface area contributed by atoms with E-state index in [9.17, 15) is 4.79 Å². The number of amides is 1. The third kappa shape index (κ3) is 4.20. The maximum Gasteiger partial charge on any atom is 0.255 e. The van der Waals surface area contributed by atoms with Crippen LogP contribution in [0.25, 0.3) is 0 Å². The molecule has 2 aromatic carbocycles. The van der Waals surface area contributed by atoms with E-state index in [1.54, 1.807) is 26.4 Å². The second-order valence-corrected chi connectivity index (χ2v) is 5.81. The zero-order valence-electron chi connectivity index (χ0n) is 15.0. The number of nitrogens with one attached hydrogen (secondary N) is 2. The average Bonchev–Trinajstić information content (AvgIpc) is 2.86. The van der Waals surface area contributed by atoms with Crippen LogP contribution in [0.1, 0.15) is 21.5 Å². The van der Waals surface area contributed by atoms with Crippen molar-refractivity contribution in [1.29, 1.82) is 0 Å². The second kappa shape index (κ2) is 8.78. The van der Waals surface area contributed by atoms with Gasteiger partial charge in [-0.3, -0.25) is 4.79 Å². The molecule has 0 aliphatic carbocycles. The molecule has 6 nitrogen and oxygen atoms in total. The molecule has 1 heterocycles. The van der Waals surface area contributed by atoms with Crippen molar-refractivity contribution in [2.45, 2.75) is 13.5 Å². The van der Waals surface area contributed by atoms with Crippen molar-refractivity contribution in [2.24, 2.45) is 0 Å². The van der Waals surface area contributed by atoms with Crippen LogP contribution in [0.4, 0.5) is 5.69 Å². The van der Waals surface area contributed by atoms with Crippen LogP contribution < -0.4 is 24.8 Å². The Bertz CT molecular complexity index is 770. The van der Waals surface area contributed by atoms with Gasteiger partial charge in [-0.1, -0.05) is 0 Å². The van der Waals surface area contributed by atoms with E-state index in [2.05, 4.69) is 10.6 Å². The van der Waals surface area contributed by atoms with Crippen molar-refractivity contribution in [3.8, 4) is 17.2 Å². The van der Waals surface area contributed by atoms with Crippen molar-refractivity contribution in [3.63, 3.8) is 0 Å². The molecule has 140 valence electrons. The minimum Gasteiger partial charge on any atom is -0.496 e. The minimum absolute atomic E-state index is 0. The highest BCUT2D eigenvalue weighted by atomic mass is 35.5. The summed E-state index contributed by atoms with van der Waals surface area (Å²) in [6, 6.07) is 9.07. The van der Waals surface area contributed by atoms with Gasteiger partial charge in [0, 0.05) is 35.5 Å². The number of hydrogen-bond acceptors (Lipinski definition) is 5. The topological polar surface area (TPSA) is 68.8 Å². The van der Waals surface area contributed by atoms with E-state index in [0.29, 0.717) is 30.2 Å². The third-order valence-electron chi connectivity index (χ3n) is 4.18. The molecule has 0 unspecified atom stereocenters. The van der Waals surface area contributed by atoms with Gasteiger partial charge in [0.15, 0.2) is 0 Å². The molecule has 0 fully saturated rings. The highest BCUT2D eigenvalue weighted by Crippen LogP contribution is 2.30. The number of carbonyl (C=O) groups excluding carboxylic acids is 1. The summed E-state index contributed by atoms with van der Waals surface area (Å²) in [5.41, 5.74) is 3.07. The fraction of sp³-hybridized carbons (Fsp3) is 0.316. The van der Waals surface area contributed by atoms with Crippen molar-refractivity contribution in [1.82, 2.24) is 5.32 Å². The Morgan fingerprint density at radius 3 is 2.50 bits per heavy atom. The van der Waals surface area contributed by atoms with Crippen molar-refractivity contribution in [3.05, 3.63) is 47.0 Å². The molecule has 0 spiro atoms. The highest BCUT2D eigenvalue weighted by molar-refractivity contribution is 6.05. The summed E-state index contributed by atoms with van der Waals surface area (Å²) in [7, 11) is 3.14. The Hall–Kier alpha value is -2.44. The second-order valence-electron chi connectivity index (χ2n) is 5.81. The summed E-state index contributed by atoms with van der Waals surface area (Å²) in [6.45, 7) is 4.05. The lowest BCUT2D eigenvalue weighted by atomic mass is 10.1. The number of methoxy groups -OCH3 is 2. The number of fused-ring (bicyclic) bond motifs is 1. The number of carbonyl (C=O) groups is 1. The maximum absolute atomic E-state index is 12.6. The van der Waals surface area contributed by atoms with Gasteiger partial charge in [0.2, 0.25) is 0 Å². The van der Waals surface area contributed by atoms with Crippen LogP contribution in [-0.4, -0.2) is 33.3 Å². The Morgan fingerprint density at radius 1 is 1.15 bits per heavy atom. The summed E-state index contributed by atoms with van der Waals surface area (Å²) < 4.78 is 16.3. The summed E-state index contributed by atoms with van der Waals surface area (Å²) in [4.78, 5) is 12.6. The summed E-state index contributed by atoms with van der Waals surface area (Å²) in [5, 5.41) is 6.20. The van der Waals surface area contributed by atoms with Crippen LogP contribution in [0.3, 0.4) is 0 Å². The first kappa shape index (κ1) is 19.9. The SMILES string of the molecule is COc1cc(C(=O)Nc2ccc3c(c2)CNCCO3)cc(OC)c1C.Cl. The zero-order chi connectivity index (χ0) is 17.8. The lowest BCUT2D eigenvalue weighted by Gasteiger charge is -2.13. The van der Waals surface area contributed by atoms with Gasteiger partial charge in [0.25, 0.3) is 5.91 Å². The van der Waals surface area contributed by atoms with Gasteiger partial charge in [-0.15, -0.1) is 12.4 Å². The molecule has 2 aromatic rings. The molecule has 0 saturated carbocycles. The van der Waals surface area contributed by atoms with Crippen molar-refractivity contribution >= 4 is 24.0 Å². The van der Waals surface area contributed by atoms with Crippen molar-refractivity contribution in [2.75, 3.05) is 32.7 Å². The molecule has 26 heavy (non-hydrogen) atoms. The number of halogens is 1. The van der Waals surface area contributed by atoms with Gasteiger partial charge >= 0.3 is 0 Å². The Labute approximate surface area is 159 Å². The molecule has 2 N–H and O–H groups in total. The van der Waals surface area contributed by atoms with Gasteiger partial charge in [0.1, 0.15) is 23.9 Å². The lowest BCUT2D eigenvalue weighted by Crippen LogP contribution is -2.16. The molecule has 1 amide bonds. The predicted molar refractivity (Wildman–Crippen MR) is 103 cm³/mol. The molecule has 1 aliphatic heterocycles. The molecule has 7 heteroatoms. The van der Waals surface area contributed by atoms with Crippen LogP contribution in [0.15, 0.2) is 30.3 Å². The summed E-state index contributed by atoms with van der Waals surface area (Å²) in [6.07, 6.45) is 0. The van der Waals surface area contributed by atoms with Crippen LogP contribution in [-0.2, 0) is 6.54 Å². The van der Waals surface area contributed by atoms with Crippen LogP contribution in [0.5, 0.6) is 17.2 Å². The Balaban J connectivity index is 0.00000243. The van der Waals surface area contributed by atoms with Gasteiger partial charge in [-0.25, -0.2) is 0 Å². The van der Waals surface area contributed by atoms with E-state index in [1.165, 1.54) is 0 Å². The molecule has 1 aliphatic rings. The van der Waals surface area contributed by atoms with E-state index in [0.717, 1.165) is 29.1 Å². The number of rotatable bonds is 4. The summed E-state index contributed by atoms with van der Waals surface area (Å²) >= 11 is 0. The van der Waals surface area contributed by atoms with E-state index >= 15 is 0 Å². The third-order valence-corrected chi connectivity index (χ3v) is 4.18. The molecule has 0 aromatic heterocycles. The first-order valence-electron chi connectivity index (χ1n) is 8.13. The molecule has 0 atom stereocenters. The molecule has 3 rings (SSSR count). The van der Waals surface area contributed by atoms with E-state index in [4.69, 9.17) is 14.2 Å². The monoisotopic (exact) mass is 378 g/mol. The lowest BCUT2D eigenvalue weighted by molar-refractivity contribution is 0.102. The zero-order valence-corrected chi connectivity index (χ0v) is 15.9. The Kier molecular flexibility index (Phi) is 6.71. The van der Waals surface area contributed by atoms with E-state index < -0.39 is 0 Å². The van der Waals surface area contributed by atoms with E-state index in [1.807, 2.05) is 25.1 Å². The fourth-order valence-electron chi connectivity index (χ4n) is 2.81. The normalized spacial score (nSPS) is 12.7. The van der Waals surface area contributed by atoms with Gasteiger partial charge in [-0.05, 0) is 37.3 Å². The molecule has 0 bridgehead atoms. The first-order valence-corrected chi connectivity index (χ1v) is 8.13. The van der Waals surface area contributed by atoms with Crippen LogP contribution in [0.2, 0.25) is 0 Å². The van der Waals surface area contributed by atoms with Crippen molar-refractivity contribution < 1.29 is 19.0 Å². The van der Waals surface area contributed by atoms with Gasteiger partial charge < -0.3 is 24.8 Å².